The molecule has 1 aromatic heterocycles. The van der Waals surface area contributed by atoms with Crippen LogP contribution in [0, 0.1) is 20.2 Å². The van der Waals surface area contributed by atoms with Gasteiger partial charge in [-0.2, -0.15) is 9.67 Å². The molecule has 0 bridgehead atoms. The monoisotopic (exact) mass is 412 g/mol. The van der Waals surface area contributed by atoms with Crippen LogP contribution in [0.2, 0.25) is 5.02 Å². The quantitative estimate of drug-likeness (QED) is 0.273. The van der Waals surface area contributed by atoms with E-state index in [2.05, 4.69) is 10.5 Å². The Kier molecular flexibility index (Phi) is 6.10. The van der Waals surface area contributed by atoms with Crippen LogP contribution in [-0.4, -0.2) is 15.6 Å². The van der Waals surface area contributed by atoms with Crippen molar-refractivity contribution >= 4 is 34.4 Å². The number of nitrogens with zero attached hydrogens (tertiary/aromatic N) is 4. The number of halogens is 1. The van der Waals surface area contributed by atoms with Gasteiger partial charge in [-0.15, -0.1) is 0 Å². The van der Waals surface area contributed by atoms with Gasteiger partial charge in [0, 0.05) is 28.8 Å². The minimum atomic E-state index is -0.696. The van der Waals surface area contributed by atoms with Crippen molar-refractivity contribution in [2.75, 3.05) is 5.43 Å². The lowest BCUT2D eigenvalue weighted by Gasteiger charge is -2.07. The van der Waals surface area contributed by atoms with E-state index in [1.54, 1.807) is 24.3 Å². The van der Waals surface area contributed by atoms with Gasteiger partial charge in [0.2, 0.25) is 0 Å². The Bertz CT molecular complexity index is 1070. The minimum absolute atomic E-state index is 0.0464. The van der Waals surface area contributed by atoms with E-state index in [0.29, 0.717) is 17.3 Å². The number of anilines is 1. The van der Waals surface area contributed by atoms with Gasteiger partial charge in [-0.05, 0) is 18.2 Å². The number of benzene rings is 2. The zero-order chi connectivity index (χ0) is 20.8. The number of hydrogen-bond donors (Lipinski definition) is 1. The third-order valence-corrected chi connectivity index (χ3v) is 4.24. The Morgan fingerprint density at radius 1 is 1.00 bits per heavy atom. The first-order valence-electron chi connectivity index (χ1n) is 8.39. The van der Waals surface area contributed by atoms with Gasteiger partial charge in [0.05, 0.1) is 15.9 Å². The first kappa shape index (κ1) is 19.9. The molecule has 1 N–H and O–H groups in total. The van der Waals surface area contributed by atoms with Gasteiger partial charge >= 0.3 is 5.69 Å². The normalized spacial score (nSPS) is 11.1. The van der Waals surface area contributed by atoms with Crippen molar-refractivity contribution in [2.45, 2.75) is 6.54 Å². The fourth-order valence-electron chi connectivity index (χ4n) is 2.55. The van der Waals surface area contributed by atoms with Crippen molar-refractivity contribution in [3.05, 3.63) is 104 Å². The molecule has 3 rings (SSSR count). The van der Waals surface area contributed by atoms with Crippen LogP contribution in [0.25, 0.3) is 0 Å². The molecule has 9 nitrogen and oxygen atoms in total. The first-order chi connectivity index (χ1) is 13.9. The summed E-state index contributed by atoms with van der Waals surface area (Å²) >= 11 is 5.95. The number of nitro benzene ring substituents is 2. The lowest BCUT2D eigenvalue weighted by molar-refractivity contribution is -0.681. The summed E-state index contributed by atoms with van der Waals surface area (Å²) in [6.07, 6.45) is 3.72. The summed E-state index contributed by atoms with van der Waals surface area (Å²) < 4.78 is 1.89. The number of hydrogen-bond acceptors (Lipinski definition) is 6. The average Bonchev–Trinajstić information content (AvgIpc) is 2.72. The van der Waals surface area contributed by atoms with Gasteiger partial charge in [-0.1, -0.05) is 29.8 Å². The fourth-order valence-corrected chi connectivity index (χ4v) is 2.68. The van der Waals surface area contributed by atoms with Crippen molar-refractivity contribution < 1.29 is 14.4 Å². The molecular formula is C19H15ClN5O4+. The Balaban J connectivity index is 1.97. The highest BCUT2D eigenvalue weighted by Gasteiger charge is 2.20. The SMILES string of the molecule is O=[N+]([O-])c1ccc(N/N=C(/C[n+]2ccccc2)c2ccc(Cl)cc2)c([N+](=O)[O-])c1. The zero-order valence-corrected chi connectivity index (χ0v) is 15.7. The molecule has 0 aliphatic carbocycles. The number of rotatable bonds is 7. The van der Waals surface area contributed by atoms with E-state index in [1.165, 1.54) is 12.1 Å². The molecule has 0 amide bonds. The maximum absolute atomic E-state index is 11.3. The predicted octanol–water partition coefficient (Wildman–Crippen LogP) is 3.96. The number of aromatic nitrogens is 1. The molecule has 0 aliphatic rings. The molecule has 0 spiro atoms. The second-order valence-electron chi connectivity index (χ2n) is 5.94. The zero-order valence-electron chi connectivity index (χ0n) is 14.9. The van der Waals surface area contributed by atoms with Crippen molar-refractivity contribution in [2.24, 2.45) is 5.10 Å². The average molecular weight is 413 g/mol. The second-order valence-corrected chi connectivity index (χ2v) is 6.38. The summed E-state index contributed by atoms with van der Waals surface area (Å²) in [4.78, 5) is 20.8. The number of nitro groups is 2. The standard InChI is InChI=1S/C19H15ClN5O4/c20-15-6-4-14(5-7-15)18(13-23-10-2-1-3-11-23)22-21-17-9-8-16(24(26)27)12-19(17)25(28)29/h1-12,21H,13H2/q+1/b22-18-. The molecule has 3 aromatic rings. The second kappa shape index (κ2) is 8.89. The Hall–Kier alpha value is -3.85. The van der Waals surface area contributed by atoms with E-state index >= 15 is 0 Å². The predicted molar refractivity (Wildman–Crippen MR) is 108 cm³/mol. The maximum Gasteiger partial charge on any atom is 0.301 e. The lowest BCUT2D eigenvalue weighted by Crippen LogP contribution is -2.37. The summed E-state index contributed by atoms with van der Waals surface area (Å²) in [5, 5.41) is 27.1. The summed E-state index contributed by atoms with van der Waals surface area (Å²) in [6.45, 7) is 0.385. The van der Waals surface area contributed by atoms with Crippen LogP contribution in [0.15, 0.2) is 78.2 Å². The Labute approximate surface area is 170 Å². The van der Waals surface area contributed by atoms with E-state index in [4.69, 9.17) is 11.6 Å². The molecule has 10 heteroatoms. The molecule has 0 unspecified atom stereocenters. The van der Waals surface area contributed by atoms with E-state index in [1.807, 2.05) is 35.2 Å². The molecule has 0 fully saturated rings. The summed E-state index contributed by atoms with van der Waals surface area (Å²) in [5.41, 5.74) is 3.26. The number of nitrogens with one attached hydrogen (secondary N) is 1. The van der Waals surface area contributed by atoms with Crippen LogP contribution in [-0.2, 0) is 6.54 Å². The van der Waals surface area contributed by atoms with Crippen LogP contribution in [0.5, 0.6) is 0 Å². The summed E-state index contributed by atoms with van der Waals surface area (Å²) in [7, 11) is 0. The molecule has 29 heavy (non-hydrogen) atoms. The largest absolute Gasteiger partial charge is 0.301 e. The molecule has 0 radical (unpaired) electrons. The maximum atomic E-state index is 11.3. The molecular weight excluding hydrogens is 398 g/mol. The van der Waals surface area contributed by atoms with Gasteiger partial charge < -0.3 is 0 Å². The number of pyridine rings is 1. The van der Waals surface area contributed by atoms with E-state index in [9.17, 15) is 20.2 Å². The van der Waals surface area contributed by atoms with E-state index < -0.39 is 15.5 Å². The number of non-ortho nitro benzene ring substituents is 1. The van der Waals surface area contributed by atoms with Gasteiger partial charge in [0.1, 0.15) is 11.4 Å². The highest BCUT2D eigenvalue weighted by molar-refractivity contribution is 6.30. The molecule has 0 saturated carbocycles. The molecule has 0 atom stereocenters. The summed E-state index contributed by atoms with van der Waals surface area (Å²) in [6, 6.07) is 16.0. The van der Waals surface area contributed by atoms with Crippen LogP contribution >= 0.6 is 11.6 Å². The smallest absolute Gasteiger partial charge is 0.271 e. The highest BCUT2D eigenvalue weighted by atomic mass is 35.5. The van der Waals surface area contributed by atoms with E-state index in [-0.39, 0.29) is 11.4 Å². The fraction of sp³-hybridized carbons (Fsp3) is 0.0526. The topological polar surface area (TPSA) is 115 Å². The van der Waals surface area contributed by atoms with Crippen LogP contribution in [0.4, 0.5) is 17.1 Å². The van der Waals surface area contributed by atoms with Crippen molar-refractivity contribution in [3.8, 4) is 0 Å². The molecule has 0 aliphatic heterocycles. The van der Waals surface area contributed by atoms with E-state index in [0.717, 1.165) is 11.6 Å². The Morgan fingerprint density at radius 3 is 2.31 bits per heavy atom. The lowest BCUT2D eigenvalue weighted by atomic mass is 10.1. The molecule has 0 saturated heterocycles. The minimum Gasteiger partial charge on any atom is -0.271 e. The molecule has 1 heterocycles. The van der Waals surface area contributed by atoms with Crippen LogP contribution in [0.1, 0.15) is 5.56 Å². The van der Waals surface area contributed by atoms with Gasteiger partial charge in [-0.25, -0.2) is 0 Å². The highest BCUT2D eigenvalue weighted by Crippen LogP contribution is 2.29. The first-order valence-corrected chi connectivity index (χ1v) is 8.77. The molecule has 2 aromatic carbocycles. The summed E-state index contributed by atoms with van der Waals surface area (Å²) in [5.74, 6) is 0. The third-order valence-electron chi connectivity index (χ3n) is 3.99. The number of hydrazone groups is 1. The van der Waals surface area contributed by atoms with Crippen LogP contribution < -0.4 is 9.99 Å². The van der Waals surface area contributed by atoms with Gasteiger partial charge in [0.15, 0.2) is 18.9 Å². The van der Waals surface area contributed by atoms with Crippen molar-refractivity contribution in [3.63, 3.8) is 0 Å². The Morgan fingerprint density at radius 2 is 1.69 bits per heavy atom. The molecule has 146 valence electrons. The third kappa shape index (κ3) is 5.11. The van der Waals surface area contributed by atoms with Crippen molar-refractivity contribution in [1.29, 1.82) is 0 Å². The van der Waals surface area contributed by atoms with Gasteiger partial charge in [0.25, 0.3) is 5.69 Å². The van der Waals surface area contributed by atoms with Crippen molar-refractivity contribution in [1.82, 2.24) is 0 Å². The van der Waals surface area contributed by atoms with Gasteiger partial charge in [-0.3, -0.25) is 25.7 Å². The van der Waals surface area contributed by atoms with Crippen LogP contribution in [0.3, 0.4) is 0 Å².